The van der Waals surface area contributed by atoms with E-state index in [1.54, 1.807) is 6.20 Å². The van der Waals surface area contributed by atoms with Gasteiger partial charge in [0.2, 0.25) is 5.91 Å². The molecule has 0 aromatic carbocycles. The number of hydrogen-bond donors (Lipinski definition) is 3. The number of H-pyrrole nitrogens is 1. The molecule has 1 atom stereocenters. The van der Waals surface area contributed by atoms with Gasteiger partial charge in [0.15, 0.2) is 0 Å². The first-order valence-electron chi connectivity index (χ1n) is 9.13. The van der Waals surface area contributed by atoms with E-state index in [4.69, 9.17) is 0 Å². The van der Waals surface area contributed by atoms with Crippen LogP contribution in [0.3, 0.4) is 0 Å². The molecule has 137 valence electrons. The number of carbonyl (C=O) groups excluding carboxylic acids is 1. The summed E-state index contributed by atoms with van der Waals surface area (Å²) >= 11 is 0. The van der Waals surface area contributed by atoms with Crippen molar-refractivity contribution in [2.45, 2.75) is 83.6 Å². The van der Waals surface area contributed by atoms with Crippen LogP contribution >= 0.6 is 0 Å². The molecule has 3 N–H and O–H groups in total. The van der Waals surface area contributed by atoms with Crippen LogP contribution in [-0.2, 0) is 16.0 Å². The van der Waals surface area contributed by atoms with E-state index in [9.17, 15) is 14.7 Å². The summed E-state index contributed by atoms with van der Waals surface area (Å²) < 4.78 is 0. The molecule has 0 saturated carbocycles. The van der Waals surface area contributed by atoms with E-state index in [1.165, 1.54) is 44.9 Å². The molecule has 0 unspecified atom stereocenters. The van der Waals surface area contributed by atoms with Gasteiger partial charge in [-0.1, -0.05) is 58.3 Å². The number of aromatic amines is 1. The van der Waals surface area contributed by atoms with Crippen LogP contribution in [0.2, 0.25) is 0 Å². The summed E-state index contributed by atoms with van der Waals surface area (Å²) in [4.78, 5) is 29.8. The second-order valence-electron chi connectivity index (χ2n) is 6.32. The minimum absolute atomic E-state index is 0. The summed E-state index contributed by atoms with van der Waals surface area (Å²) in [7, 11) is 0. The van der Waals surface area contributed by atoms with E-state index in [0.29, 0.717) is 12.1 Å². The molecule has 0 fully saturated rings. The largest absolute Gasteiger partial charge is 0.480 e. The second-order valence-corrected chi connectivity index (χ2v) is 6.32. The van der Waals surface area contributed by atoms with E-state index in [2.05, 4.69) is 22.2 Å². The van der Waals surface area contributed by atoms with Gasteiger partial charge in [-0.3, -0.25) is 4.79 Å². The van der Waals surface area contributed by atoms with E-state index >= 15 is 0 Å². The molecule has 0 aliphatic heterocycles. The predicted octanol–water partition coefficient (Wildman–Crippen LogP) is 3.06. The zero-order valence-corrected chi connectivity index (χ0v) is 17.7. The van der Waals surface area contributed by atoms with Crippen molar-refractivity contribution in [3.8, 4) is 0 Å². The van der Waals surface area contributed by atoms with Crippen molar-refractivity contribution in [1.82, 2.24) is 15.3 Å². The molecule has 1 amide bonds. The average Bonchev–Trinajstić information content (AvgIpc) is 3.05. The molecule has 1 radical (unpaired) electrons. The van der Waals surface area contributed by atoms with Gasteiger partial charge in [-0.2, -0.15) is 0 Å². The van der Waals surface area contributed by atoms with E-state index in [0.717, 1.165) is 19.3 Å². The van der Waals surface area contributed by atoms with Crippen LogP contribution in [0.25, 0.3) is 0 Å². The van der Waals surface area contributed by atoms with Crippen LogP contribution < -0.4 is 5.32 Å². The van der Waals surface area contributed by atoms with E-state index in [-0.39, 0.29) is 41.9 Å². The third kappa shape index (κ3) is 12.2. The smallest absolute Gasteiger partial charge is 0.326 e. The van der Waals surface area contributed by atoms with Crippen molar-refractivity contribution in [3.05, 3.63) is 18.2 Å². The first-order valence-corrected chi connectivity index (χ1v) is 9.13. The number of imidazole rings is 1. The topological polar surface area (TPSA) is 95.1 Å². The molecule has 1 heterocycles. The van der Waals surface area contributed by atoms with Gasteiger partial charge in [-0.15, -0.1) is 0 Å². The number of rotatable bonds is 14. The molecule has 7 heteroatoms. The van der Waals surface area contributed by atoms with Gasteiger partial charge < -0.3 is 15.4 Å². The quantitative estimate of drug-likeness (QED) is 0.351. The van der Waals surface area contributed by atoms with Crippen molar-refractivity contribution in [3.63, 3.8) is 0 Å². The SMILES string of the molecule is CCCCCCCCCCCC(=O)N[C@@H](Cc1cnc[nH]1)C(=O)O.[Na]. The van der Waals surface area contributed by atoms with Crippen molar-refractivity contribution < 1.29 is 14.7 Å². The van der Waals surface area contributed by atoms with Crippen molar-refractivity contribution in [2.24, 2.45) is 0 Å². The summed E-state index contributed by atoms with van der Waals surface area (Å²) in [6.07, 6.45) is 14.4. The summed E-state index contributed by atoms with van der Waals surface area (Å²) in [6.45, 7) is 2.22. The predicted molar refractivity (Wildman–Crippen MR) is 99.5 cm³/mol. The Hall–Kier alpha value is -0.850. The Balaban J connectivity index is 0.00000576. The Morgan fingerprint density at radius 3 is 2.24 bits per heavy atom. The molecular weight excluding hydrogens is 329 g/mol. The molecule has 0 aliphatic rings. The standard InChI is InChI=1S/C18H31N3O3.Na/c1-2-3-4-5-6-7-8-9-10-11-17(22)21-16(18(23)24)12-15-13-19-14-20-15;/h13-14,16H,2-12H2,1H3,(H,19,20)(H,21,22)(H,23,24);/t16-;/m0./s1. The minimum Gasteiger partial charge on any atom is -0.480 e. The second kappa shape index (κ2) is 15.4. The number of aliphatic carboxylic acids is 1. The Labute approximate surface area is 172 Å². The van der Waals surface area contributed by atoms with Gasteiger partial charge in [-0.05, 0) is 6.42 Å². The number of aromatic nitrogens is 2. The Morgan fingerprint density at radius 1 is 1.12 bits per heavy atom. The molecule has 0 saturated heterocycles. The maximum atomic E-state index is 11.9. The maximum absolute atomic E-state index is 11.9. The van der Waals surface area contributed by atoms with Crippen LogP contribution in [0, 0.1) is 0 Å². The minimum atomic E-state index is -1.02. The molecule has 1 rings (SSSR count). The molecule has 0 bridgehead atoms. The zero-order chi connectivity index (χ0) is 17.6. The fourth-order valence-corrected chi connectivity index (χ4v) is 2.68. The van der Waals surface area contributed by atoms with Crippen LogP contribution in [0.1, 0.15) is 76.8 Å². The summed E-state index contributed by atoms with van der Waals surface area (Å²) in [5, 5.41) is 11.8. The van der Waals surface area contributed by atoms with Gasteiger partial charge in [0, 0.05) is 54.3 Å². The average molecular weight is 360 g/mol. The fraction of sp³-hybridized carbons (Fsp3) is 0.722. The maximum Gasteiger partial charge on any atom is 0.326 e. The van der Waals surface area contributed by atoms with Crippen LogP contribution in [-0.4, -0.2) is 62.6 Å². The van der Waals surface area contributed by atoms with Crippen LogP contribution in [0.15, 0.2) is 12.5 Å². The third-order valence-corrected chi connectivity index (χ3v) is 4.12. The van der Waals surface area contributed by atoms with Crippen LogP contribution in [0.4, 0.5) is 0 Å². The van der Waals surface area contributed by atoms with Gasteiger partial charge in [0.05, 0.1) is 6.33 Å². The summed E-state index contributed by atoms with van der Waals surface area (Å²) in [5.41, 5.74) is 0.700. The molecule has 0 spiro atoms. The summed E-state index contributed by atoms with van der Waals surface area (Å²) in [5.74, 6) is -1.21. The van der Waals surface area contributed by atoms with E-state index < -0.39 is 12.0 Å². The first kappa shape index (κ1) is 24.1. The molecule has 25 heavy (non-hydrogen) atoms. The van der Waals surface area contributed by atoms with Crippen molar-refractivity contribution in [2.75, 3.05) is 0 Å². The monoisotopic (exact) mass is 360 g/mol. The molecule has 1 aromatic rings. The van der Waals surface area contributed by atoms with Gasteiger partial charge in [-0.25, -0.2) is 9.78 Å². The zero-order valence-electron chi connectivity index (χ0n) is 15.7. The Bertz CT molecular complexity index is 466. The number of carboxylic acid groups (broad SMARTS) is 1. The number of hydrogen-bond acceptors (Lipinski definition) is 3. The van der Waals surface area contributed by atoms with Crippen molar-refractivity contribution >= 4 is 41.4 Å². The molecule has 0 aliphatic carbocycles. The van der Waals surface area contributed by atoms with Gasteiger partial charge in [0.25, 0.3) is 0 Å². The number of carbonyl (C=O) groups is 2. The molecule has 6 nitrogen and oxygen atoms in total. The Morgan fingerprint density at radius 2 is 1.72 bits per heavy atom. The normalized spacial score (nSPS) is 11.6. The summed E-state index contributed by atoms with van der Waals surface area (Å²) in [6, 6.07) is -0.906. The fourth-order valence-electron chi connectivity index (χ4n) is 2.68. The van der Waals surface area contributed by atoms with Crippen molar-refractivity contribution in [1.29, 1.82) is 0 Å². The van der Waals surface area contributed by atoms with E-state index in [1.807, 2.05) is 0 Å². The number of carboxylic acids is 1. The number of unbranched alkanes of at least 4 members (excludes halogenated alkanes) is 8. The Kier molecular flexibility index (Phi) is 14.9. The first-order chi connectivity index (χ1) is 11.6. The van der Waals surface area contributed by atoms with Gasteiger partial charge >= 0.3 is 5.97 Å². The number of nitrogens with zero attached hydrogens (tertiary/aromatic N) is 1. The van der Waals surface area contributed by atoms with Crippen LogP contribution in [0.5, 0.6) is 0 Å². The number of nitrogens with one attached hydrogen (secondary N) is 2. The molecule has 1 aromatic heterocycles. The van der Waals surface area contributed by atoms with Gasteiger partial charge in [0.1, 0.15) is 6.04 Å². The number of amides is 1. The third-order valence-electron chi connectivity index (χ3n) is 4.12. The molecular formula is C18H31N3NaO3.